The third-order valence-corrected chi connectivity index (χ3v) is 2.73. The molecule has 1 unspecified atom stereocenters. The summed E-state index contributed by atoms with van der Waals surface area (Å²) < 4.78 is 0. The number of amides is 2. The minimum absolute atomic E-state index is 0.257. The second-order valence-corrected chi connectivity index (χ2v) is 6.10. The molecule has 4 N–H and O–H groups in total. The second-order valence-electron chi connectivity index (χ2n) is 5.67. The number of nitrogens with two attached hydrogens (primary N) is 1. The molecule has 110 valence electrons. The van der Waals surface area contributed by atoms with Crippen molar-refractivity contribution in [3.05, 3.63) is 28.8 Å². The molecule has 0 fully saturated rings. The third kappa shape index (κ3) is 4.74. The predicted octanol–water partition coefficient (Wildman–Crippen LogP) is 1.96. The van der Waals surface area contributed by atoms with Crippen LogP contribution in [-0.4, -0.2) is 23.4 Å². The summed E-state index contributed by atoms with van der Waals surface area (Å²) in [6.45, 7) is 7.22. The van der Waals surface area contributed by atoms with Crippen molar-refractivity contribution in [1.29, 1.82) is 0 Å². The Balaban J connectivity index is 2.75. The molecule has 0 aliphatic heterocycles. The van der Waals surface area contributed by atoms with Crippen LogP contribution in [0.1, 0.15) is 38.1 Å². The van der Waals surface area contributed by atoms with Crippen molar-refractivity contribution in [2.75, 3.05) is 5.73 Å². The van der Waals surface area contributed by atoms with Gasteiger partial charge in [0.25, 0.3) is 5.91 Å². The minimum Gasteiger partial charge on any atom is -0.398 e. The van der Waals surface area contributed by atoms with Crippen molar-refractivity contribution in [2.45, 2.75) is 39.3 Å². The molecule has 0 bridgehead atoms. The van der Waals surface area contributed by atoms with Gasteiger partial charge >= 0.3 is 0 Å². The molecule has 1 rings (SSSR count). The number of nitrogen functional groups attached to an aromatic ring is 1. The van der Waals surface area contributed by atoms with Gasteiger partial charge in [0.05, 0.1) is 5.56 Å². The van der Waals surface area contributed by atoms with E-state index in [9.17, 15) is 9.59 Å². The first kappa shape index (κ1) is 16.3. The molecule has 0 aliphatic rings. The maximum Gasteiger partial charge on any atom is 0.254 e. The standard InChI is InChI=1S/C14H20ClN3O2/c1-8(12(19)18-14(2,3)4)17-13(20)10-7-9(15)5-6-11(10)16/h5-8H,16H2,1-4H3,(H,17,20)(H,18,19). The highest BCUT2D eigenvalue weighted by atomic mass is 35.5. The minimum atomic E-state index is -0.667. The zero-order valence-electron chi connectivity index (χ0n) is 12.1. The van der Waals surface area contributed by atoms with Crippen LogP contribution in [0.25, 0.3) is 0 Å². The number of nitrogens with one attached hydrogen (secondary N) is 2. The van der Waals surface area contributed by atoms with Crippen LogP contribution in [-0.2, 0) is 4.79 Å². The summed E-state index contributed by atoms with van der Waals surface area (Å²) in [6, 6.07) is 3.96. The average Bonchev–Trinajstić information content (AvgIpc) is 2.29. The number of hydrogen-bond donors (Lipinski definition) is 3. The predicted molar refractivity (Wildman–Crippen MR) is 80.7 cm³/mol. The first-order chi connectivity index (χ1) is 9.10. The molecule has 0 spiro atoms. The quantitative estimate of drug-likeness (QED) is 0.746. The number of hydrogen-bond acceptors (Lipinski definition) is 3. The molecule has 0 aliphatic carbocycles. The van der Waals surface area contributed by atoms with E-state index in [1.54, 1.807) is 19.1 Å². The molecular weight excluding hydrogens is 278 g/mol. The smallest absolute Gasteiger partial charge is 0.254 e. The number of benzene rings is 1. The summed E-state index contributed by atoms with van der Waals surface area (Å²) in [5.41, 5.74) is 5.94. The Morgan fingerprint density at radius 3 is 2.45 bits per heavy atom. The lowest BCUT2D eigenvalue weighted by molar-refractivity contribution is -0.124. The zero-order valence-corrected chi connectivity index (χ0v) is 12.8. The van der Waals surface area contributed by atoms with Gasteiger partial charge in [0.2, 0.25) is 5.91 Å². The van der Waals surface area contributed by atoms with Gasteiger partial charge in [0.1, 0.15) is 6.04 Å². The topological polar surface area (TPSA) is 84.2 Å². The Morgan fingerprint density at radius 2 is 1.90 bits per heavy atom. The molecule has 0 aromatic heterocycles. The van der Waals surface area contributed by atoms with Crippen LogP contribution in [0.15, 0.2) is 18.2 Å². The molecule has 2 amide bonds. The number of anilines is 1. The summed E-state index contributed by atoms with van der Waals surface area (Å²) in [4.78, 5) is 24.0. The molecule has 0 heterocycles. The van der Waals surface area contributed by atoms with Gasteiger partial charge in [0, 0.05) is 16.2 Å². The van der Waals surface area contributed by atoms with Gasteiger partial charge in [-0.3, -0.25) is 9.59 Å². The maximum absolute atomic E-state index is 12.1. The molecule has 0 radical (unpaired) electrons. The Labute approximate surface area is 123 Å². The van der Waals surface area contributed by atoms with Crippen molar-refractivity contribution in [2.24, 2.45) is 0 Å². The average molecular weight is 298 g/mol. The highest BCUT2D eigenvalue weighted by Crippen LogP contribution is 2.17. The van der Waals surface area contributed by atoms with Crippen LogP contribution in [0, 0.1) is 0 Å². The third-order valence-electron chi connectivity index (χ3n) is 2.50. The van der Waals surface area contributed by atoms with Gasteiger partial charge in [-0.15, -0.1) is 0 Å². The highest BCUT2D eigenvalue weighted by molar-refractivity contribution is 6.31. The normalized spacial score (nSPS) is 12.7. The fraction of sp³-hybridized carbons (Fsp3) is 0.429. The first-order valence-electron chi connectivity index (χ1n) is 6.28. The molecule has 5 nitrogen and oxygen atoms in total. The number of rotatable bonds is 3. The van der Waals surface area contributed by atoms with Crippen molar-refractivity contribution in [1.82, 2.24) is 10.6 Å². The van der Waals surface area contributed by atoms with Gasteiger partial charge in [-0.25, -0.2) is 0 Å². The lowest BCUT2D eigenvalue weighted by Gasteiger charge is -2.23. The zero-order chi connectivity index (χ0) is 15.5. The first-order valence-corrected chi connectivity index (χ1v) is 6.66. The number of halogens is 1. The lowest BCUT2D eigenvalue weighted by atomic mass is 10.1. The number of carbonyl (C=O) groups is 2. The van der Waals surface area contributed by atoms with E-state index in [-0.39, 0.29) is 17.0 Å². The van der Waals surface area contributed by atoms with Crippen LogP contribution in [0.4, 0.5) is 5.69 Å². The largest absolute Gasteiger partial charge is 0.398 e. The van der Waals surface area contributed by atoms with Gasteiger partial charge in [0.15, 0.2) is 0 Å². The van der Waals surface area contributed by atoms with E-state index >= 15 is 0 Å². The molecule has 0 saturated heterocycles. The Kier molecular flexibility index (Phi) is 5.00. The second kappa shape index (κ2) is 6.13. The van der Waals surface area contributed by atoms with Crippen LogP contribution in [0.2, 0.25) is 5.02 Å². The van der Waals surface area contributed by atoms with Crippen molar-refractivity contribution in [3.8, 4) is 0 Å². The van der Waals surface area contributed by atoms with E-state index in [0.29, 0.717) is 10.7 Å². The SMILES string of the molecule is CC(NC(=O)c1cc(Cl)ccc1N)C(=O)NC(C)(C)C. The van der Waals surface area contributed by atoms with E-state index < -0.39 is 11.9 Å². The van der Waals surface area contributed by atoms with Crippen molar-refractivity contribution >= 4 is 29.1 Å². The van der Waals surface area contributed by atoms with Gasteiger partial charge < -0.3 is 16.4 Å². The molecule has 1 atom stereocenters. The van der Waals surface area contributed by atoms with Crippen LogP contribution in [0.5, 0.6) is 0 Å². The van der Waals surface area contributed by atoms with E-state index in [0.717, 1.165) is 0 Å². The van der Waals surface area contributed by atoms with Crippen LogP contribution in [0.3, 0.4) is 0 Å². The highest BCUT2D eigenvalue weighted by Gasteiger charge is 2.21. The van der Waals surface area contributed by atoms with Crippen molar-refractivity contribution in [3.63, 3.8) is 0 Å². The number of carbonyl (C=O) groups excluding carboxylic acids is 2. The van der Waals surface area contributed by atoms with Gasteiger partial charge in [-0.1, -0.05) is 11.6 Å². The van der Waals surface area contributed by atoms with E-state index in [4.69, 9.17) is 17.3 Å². The fourth-order valence-electron chi connectivity index (χ4n) is 1.54. The van der Waals surface area contributed by atoms with Crippen LogP contribution < -0.4 is 16.4 Å². The Bertz CT molecular complexity index is 524. The Morgan fingerprint density at radius 1 is 1.30 bits per heavy atom. The van der Waals surface area contributed by atoms with E-state index in [1.807, 2.05) is 20.8 Å². The van der Waals surface area contributed by atoms with Gasteiger partial charge in [-0.05, 0) is 45.9 Å². The molecule has 1 aromatic rings. The molecule has 6 heteroatoms. The van der Waals surface area contributed by atoms with Gasteiger partial charge in [-0.2, -0.15) is 0 Å². The van der Waals surface area contributed by atoms with E-state index in [2.05, 4.69) is 10.6 Å². The monoisotopic (exact) mass is 297 g/mol. The summed E-state index contributed by atoms with van der Waals surface area (Å²) in [7, 11) is 0. The molecule has 1 aromatic carbocycles. The summed E-state index contributed by atoms with van der Waals surface area (Å²) in [5, 5.41) is 5.80. The molecular formula is C14H20ClN3O2. The van der Waals surface area contributed by atoms with Crippen molar-refractivity contribution < 1.29 is 9.59 Å². The Hall–Kier alpha value is -1.75. The summed E-state index contributed by atoms with van der Waals surface area (Å²) in [6.07, 6.45) is 0. The maximum atomic E-state index is 12.1. The molecule has 0 saturated carbocycles. The molecule has 20 heavy (non-hydrogen) atoms. The lowest BCUT2D eigenvalue weighted by Crippen LogP contribution is -2.50. The van der Waals surface area contributed by atoms with E-state index in [1.165, 1.54) is 6.07 Å². The summed E-state index contributed by atoms with van der Waals surface area (Å²) in [5.74, 6) is -0.687. The van der Waals surface area contributed by atoms with Crippen LogP contribution >= 0.6 is 11.6 Å². The summed E-state index contributed by atoms with van der Waals surface area (Å²) >= 11 is 5.83. The fourth-order valence-corrected chi connectivity index (χ4v) is 1.72.